The van der Waals surface area contributed by atoms with Crippen LogP contribution in [0, 0.1) is 0 Å². The second kappa shape index (κ2) is 9.66. The first kappa shape index (κ1) is 21.6. The number of anilines is 2. The van der Waals surface area contributed by atoms with Crippen molar-refractivity contribution in [2.75, 3.05) is 17.7 Å². The van der Waals surface area contributed by atoms with Gasteiger partial charge in [0.1, 0.15) is 5.75 Å². The van der Waals surface area contributed by atoms with Crippen molar-refractivity contribution in [3.63, 3.8) is 0 Å². The molecule has 0 saturated carbocycles. The minimum atomic E-state index is -0.283. The Morgan fingerprint density at radius 3 is 2.16 bits per heavy atom. The summed E-state index contributed by atoms with van der Waals surface area (Å²) >= 11 is 3.56. The molecule has 2 amide bonds. The summed E-state index contributed by atoms with van der Waals surface area (Å²) in [6.45, 7) is 0. The van der Waals surface area contributed by atoms with Crippen molar-refractivity contribution in [3.8, 4) is 5.75 Å². The van der Waals surface area contributed by atoms with Crippen LogP contribution >= 0.6 is 15.9 Å². The van der Waals surface area contributed by atoms with Crippen molar-refractivity contribution in [1.82, 2.24) is 0 Å². The van der Waals surface area contributed by atoms with E-state index < -0.39 is 0 Å². The summed E-state index contributed by atoms with van der Waals surface area (Å²) in [5.74, 6) is 0.0962. The van der Waals surface area contributed by atoms with Crippen LogP contribution in [0.2, 0.25) is 0 Å². The van der Waals surface area contributed by atoms with Gasteiger partial charge in [0.05, 0.1) is 23.6 Å². The first-order valence-electron chi connectivity index (χ1n) is 10.1. The maximum absolute atomic E-state index is 13.0. The summed E-state index contributed by atoms with van der Waals surface area (Å²) in [6, 6.07) is 26.2. The molecule has 0 aromatic heterocycles. The van der Waals surface area contributed by atoms with Gasteiger partial charge in [-0.1, -0.05) is 54.6 Å². The van der Waals surface area contributed by atoms with Gasteiger partial charge in [-0.3, -0.25) is 9.59 Å². The van der Waals surface area contributed by atoms with E-state index in [2.05, 4.69) is 26.6 Å². The molecule has 0 radical (unpaired) electrons. The van der Waals surface area contributed by atoms with Crippen LogP contribution in [0.1, 0.15) is 15.9 Å². The standard InChI is InChI=1S/C26H21BrN2O3/c1-32-25-22(16-18-9-5-6-10-21(18)24(25)27)26(31)29-20-13-11-19(12-14-20)28-23(30)15-17-7-3-2-4-8-17/h2-14,16H,15H2,1H3,(H,28,30)(H,29,31). The third kappa shape index (κ3) is 4.81. The van der Waals surface area contributed by atoms with Gasteiger partial charge in [0.15, 0.2) is 0 Å². The van der Waals surface area contributed by atoms with Gasteiger partial charge in [0.25, 0.3) is 5.91 Å². The number of halogens is 1. The van der Waals surface area contributed by atoms with Crippen molar-refractivity contribution in [2.24, 2.45) is 0 Å². The molecule has 4 aromatic rings. The number of hydrogen-bond donors (Lipinski definition) is 2. The molecular formula is C26H21BrN2O3. The van der Waals surface area contributed by atoms with Crippen molar-refractivity contribution in [3.05, 3.63) is 101 Å². The molecule has 0 heterocycles. The summed E-state index contributed by atoms with van der Waals surface area (Å²) in [7, 11) is 1.54. The van der Waals surface area contributed by atoms with E-state index in [1.54, 1.807) is 31.4 Å². The number of hydrogen-bond acceptors (Lipinski definition) is 3. The van der Waals surface area contributed by atoms with E-state index in [1.165, 1.54) is 0 Å². The Morgan fingerprint density at radius 2 is 1.47 bits per heavy atom. The van der Waals surface area contributed by atoms with Crippen LogP contribution < -0.4 is 15.4 Å². The first-order valence-corrected chi connectivity index (χ1v) is 10.8. The van der Waals surface area contributed by atoms with Gasteiger partial charge in [0.2, 0.25) is 5.91 Å². The number of methoxy groups -OCH3 is 1. The Labute approximate surface area is 194 Å². The van der Waals surface area contributed by atoms with Gasteiger partial charge in [-0.15, -0.1) is 0 Å². The average molecular weight is 489 g/mol. The van der Waals surface area contributed by atoms with Gasteiger partial charge in [0, 0.05) is 11.4 Å². The van der Waals surface area contributed by atoms with Crippen molar-refractivity contribution >= 4 is 49.9 Å². The normalized spacial score (nSPS) is 10.6. The molecule has 4 aromatic carbocycles. The molecule has 5 nitrogen and oxygen atoms in total. The SMILES string of the molecule is COc1c(C(=O)Nc2ccc(NC(=O)Cc3ccccc3)cc2)cc2ccccc2c1Br. The molecule has 0 aliphatic heterocycles. The molecule has 0 spiro atoms. The van der Waals surface area contributed by atoms with E-state index in [0.29, 0.717) is 29.1 Å². The monoisotopic (exact) mass is 488 g/mol. The van der Waals surface area contributed by atoms with Crippen molar-refractivity contribution in [2.45, 2.75) is 6.42 Å². The van der Waals surface area contributed by atoms with Crippen molar-refractivity contribution < 1.29 is 14.3 Å². The maximum atomic E-state index is 13.0. The fourth-order valence-electron chi connectivity index (χ4n) is 3.47. The predicted octanol–water partition coefficient (Wildman–Crippen LogP) is 6.04. The fraction of sp³-hybridized carbons (Fsp3) is 0.0769. The molecule has 0 bridgehead atoms. The third-order valence-corrected chi connectivity index (χ3v) is 5.81. The molecule has 0 unspecified atom stereocenters. The number of amides is 2. The predicted molar refractivity (Wildman–Crippen MR) is 131 cm³/mol. The van der Waals surface area contributed by atoms with Gasteiger partial charge in [-0.05, 0) is 62.6 Å². The van der Waals surface area contributed by atoms with Crippen LogP contribution in [0.25, 0.3) is 10.8 Å². The second-order valence-corrected chi connectivity index (χ2v) is 8.03. The minimum Gasteiger partial charge on any atom is -0.495 e. The second-order valence-electron chi connectivity index (χ2n) is 7.23. The van der Waals surface area contributed by atoms with E-state index in [0.717, 1.165) is 20.8 Å². The maximum Gasteiger partial charge on any atom is 0.259 e. The lowest BCUT2D eigenvalue weighted by Gasteiger charge is -2.14. The lowest BCUT2D eigenvalue weighted by Crippen LogP contribution is -2.15. The fourth-order valence-corrected chi connectivity index (χ4v) is 4.21. The highest BCUT2D eigenvalue weighted by molar-refractivity contribution is 9.10. The number of carbonyl (C=O) groups is 2. The van der Waals surface area contributed by atoms with E-state index in [-0.39, 0.29) is 11.8 Å². The Bertz CT molecular complexity index is 1270. The van der Waals surface area contributed by atoms with Crippen LogP contribution in [0.3, 0.4) is 0 Å². The summed E-state index contributed by atoms with van der Waals surface area (Å²) in [5, 5.41) is 7.66. The van der Waals surface area contributed by atoms with Crippen LogP contribution in [-0.4, -0.2) is 18.9 Å². The van der Waals surface area contributed by atoms with E-state index >= 15 is 0 Å². The molecule has 0 atom stereocenters. The highest BCUT2D eigenvalue weighted by atomic mass is 79.9. The highest BCUT2D eigenvalue weighted by Crippen LogP contribution is 2.37. The Kier molecular flexibility index (Phi) is 6.52. The number of nitrogens with one attached hydrogen (secondary N) is 2. The Hall–Kier alpha value is -3.64. The molecule has 0 aliphatic rings. The zero-order valence-electron chi connectivity index (χ0n) is 17.4. The van der Waals surface area contributed by atoms with E-state index in [9.17, 15) is 9.59 Å². The molecule has 0 saturated heterocycles. The molecule has 6 heteroatoms. The molecule has 2 N–H and O–H groups in total. The summed E-state index contributed by atoms with van der Waals surface area (Å²) in [6.07, 6.45) is 0.302. The minimum absolute atomic E-state index is 0.0984. The number of benzene rings is 4. The van der Waals surface area contributed by atoms with Gasteiger partial charge in [-0.25, -0.2) is 0 Å². The smallest absolute Gasteiger partial charge is 0.259 e. The van der Waals surface area contributed by atoms with Gasteiger partial charge in [-0.2, -0.15) is 0 Å². The van der Waals surface area contributed by atoms with E-state index in [4.69, 9.17) is 4.74 Å². The number of fused-ring (bicyclic) bond motifs is 1. The average Bonchev–Trinajstić information content (AvgIpc) is 2.81. The van der Waals surface area contributed by atoms with Crippen LogP contribution in [0.4, 0.5) is 11.4 Å². The van der Waals surface area contributed by atoms with Crippen LogP contribution in [-0.2, 0) is 11.2 Å². The number of ether oxygens (including phenoxy) is 1. The van der Waals surface area contributed by atoms with Gasteiger partial charge < -0.3 is 15.4 Å². The van der Waals surface area contributed by atoms with Crippen molar-refractivity contribution in [1.29, 1.82) is 0 Å². The molecule has 32 heavy (non-hydrogen) atoms. The third-order valence-electron chi connectivity index (χ3n) is 5.02. The van der Waals surface area contributed by atoms with Crippen LogP contribution in [0.5, 0.6) is 5.75 Å². The van der Waals surface area contributed by atoms with Gasteiger partial charge >= 0.3 is 0 Å². The lowest BCUT2D eigenvalue weighted by molar-refractivity contribution is -0.115. The molecule has 4 rings (SSSR count). The Morgan fingerprint density at radius 1 is 0.844 bits per heavy atom. The molecule has 0 fully saturated rings. The lowest BCUT2D eigenvalue weighted by atomic mass is 10.1. The zero-order valence-corrected chi connectivity index (χ0v) is 19.0. The quantitative estimate of drug-likeness (QED) is 0.347. The number of rotatable bonds is 6. The topological polar surface area (TPSA) is 67.4 Å². The Balaban J connectivity index is 1.47. The van der Waals surface area contributed by atoms with E-state index in [1.807, 2.05) is 60.7 Å². The summed E-state index contributed by atoms with van der Waals surface area (Å²) in [4.78, 5) is 25.2. The molecule has 160 valence electrons. The molecule has 0 aliphatic carbocycles. The first-order chi connectivity index (χ1) is 15.5. The summed E-state index contributed by atoms with van der Waals surface area (Å²) < 4.78 is 6.24. The van der Waals surface area contributed by atoms with Crippen LogP contribution in [0.15, 0.2) is 89.4 Å². The summed E-state index contributed by atoms with van der Waals surface area (Å²) in [5.41, 5.74) is 2.65. The molecular weight excluding hydrogens is 468 g/mol. The highest BCUT2D eigenvalue weighted by Gasteiger charge is 2.18. The zero-order chi connectivity index (χ0) is 22.5. The number of carbonyl (C=O) groups excluding carboxylic acids is 2. The largest absolute Gasteiger partial charge is 0.495 e.